The molecule has 0 bridgehead atoms. The Morgan fingerprint density at radius 1 is 1.82 bits per heavy atom. The van der Waals surface area contributed by atoms with Gasteiger partial charge in [-0.15, -0.1) is 0 Å². The van der Waals surface area contributed by atoms with Gasteiger partial charge in [0, 0.05) is 6.04 Å². The highest BCUT2D eigenvalue weighted by Gasteiger charge is 2.17. The van der Waals surface area contributed by atoms with Gasteiger partial charge < -0.3 is 10.5 Å². The van der Waals surface area contributed by atoms with Gasteiger partial charge in [0.2, 0.25) is 0 Å². The molecule has 0 spiro atoms. The highest BCUT2D eigenvalue weighted by atomic mass is 16.5. The van der Waals surface area contributed by atoms with Gasteiger partial charge in [-0.2, -0.15) is 0 Å². The van der Waals surface area contributed by atoms with Gasteiger partial charge in [0.25, 0.3) is 0 Å². The van der Waals surface area contributed by atoms with E-state index in [4.69, 9.17) is 5.73 Å². The number of ether oxygens (including phenoxy) is 1. The van der Waals surface area contributed by atoms with E-state index in [1.54, 1.807) is 6.08 Å². The highest BCUT2D eigenvalue weighted by molar-refractivity contribution is 5.90. The Labute approximate surface area is 65.5 Å². The van der Waals surface area contributed by atoms with Crippen LogP contribution in [0.5, 0.6) is 0 Å². The molecule has 0 saturated heterocycles. The Balaban J connectivity index is 2.75. The summed E-state index contributed by atoms with van der Waals surface area (Å²) >= 11 is 0. The minimum absolute atomic E-state index is 0.201. The van der Waals surface area contributed by atoms with Gasteiger partial charge in [0.1, 0.15) is 0 Å². The summed E-state index contributed by atoms with van der Waals surface area (Å²) in [6.45, 7) is 0. The van der Waals surface area contributed by atoms with Crippen LogP contribution in [0.3, 0.4) is 0 Å². The number of hydrogen-bond acceptors (Lipinski definition) is 3. The fourth-order valence-electron chi connectivity index (χ4n) is 0.985. The second-order valence-corrected chi connectivity index (χ2v) is 2.38. The molecular weight excluding hydrogens is 142 g/mol. The van der Waals surface area contributed by atoms with Crippen LogP contribution in [0.25, 0.3) is 0 Å². The average molecular weight is 153 g/mol. The zero-order chi connectivity index (χ0) is 8.27. The van der Waals surface area contributed by atoms with Crippen molar-refractivity contribution in [2.24, 2.45) is 5.73 Å². The molecule has 3 heteroatoms. The third kappa shape index (κ3) is 1.68. The SMILES string of the molecule is COC(=O)C1=CC=CCC1N. The normalized spacial score (nSPS) is 22.7. The van der Waals surface area contributed by atoms with E-state index in [1.165, 1.54) is 7.11 Å². The summed E-state index contributed by atoms with van der Waals surface area (Å²) in [5, 5.41) is 0. The summed E-state index contributed by atoms with van der Waals surface area (Å²) in [4.78, 5) is 11.0. The molecule has 1 unspecified atom stereocenters. The van der Waals surface area contributed by atoms with E-state index in [2.05, 4.69) is 4.74 Å². The number of hydrogen-bond donors (Lipinski definition) is 1. The molecule has 0 aliphatic heterocycles. The molecule has 0 amide bonds. The average Bonchev–Trinajstić information content (AvgIpc) is 2.04. The number of carbonyl (C=O) groups is 1. The maximum Gasteiger partial charge on any atom is 0.335 e. The minimum Gasteiger partial charge on any atom is -0.466 e. The van der Waals surface area contributed by atoms with E-state index in [9.17, 15) is 4.79 Å². The first kappa shape index (κ1) is 8.01. The molecule has 0 aromatic rings. The van der Waals surface area contributed by atoms with Crippen LogP contribution in [0, 0.1) is 0 Å². The number of allylic oxidation sites excluding steroid dienone is 2. The standard InChI is InChI=1S/C8H11NO2/c1-11-8(10)6-4-2-3-5-7(6)9/h2-4,7H,5,9H2,1H3. The molecule has 0 aromatic heterocycles. The van der Waals surface area contributed by atoms with Crippen LogP contribution in [0.2, 0.25) is 0 Å². The van der Waals surface area contributed by atoms with Gasteiger partial charge in [-0.05, 0) is 6.42 Å². The Hall–Kier alpha value is -1.09. The molecule has 60 valence electrons. The van der Waals surface area contributed by atoms with E-state index in [0.717, 1.165) is 0 Å². The lowest BCUT2D eigenvalue weighted by Crippen LogP contribution is -2.28. The van der Waals surface area contributed by atoms with Gasteiger partial charge in [0.05, 0.1) is 12.7 Å². The Morgan fingerprint density at radius 3 is 3.09 bits per heavy atom. The number of rotatable bonds is 1. The third-order valence-electron chi connectivity index (χ3n) is 1.62. The van der Waals surface area contributed by atoms with E-state index < -0.39 is 0 Å². The number of methoxy groups -OCH3 is 1. The quantitative estimate of drug-likeness (QED) is 0.554. The lowest BCUT2D eigenvalue weighted by atomic mass is 10.0. The van der Waals surface area contributed by atoms with E-state index in [1.807, 2.05) is 12.2 Å². The van der Waals surface area contributed by atoms with E-state index in [0.29, 0.717) is 12.0 Å². The van der Waals surface area contributed by atoms with Crippen molar-refractivity contribution in [2.75, 3.05) is 7.11 Å². The molecule has 1 rings (SSSR count). The van der Waals surface area contributed by atoms with Crippen molar-refractivity contribution < 1.29 is 9.53 Å². The highest BCUT2D eigenvalue weighted by Crippen LogP contribution is 2.11. The van der Waals surface area contributed by atoms with Crippen LogP contribution in [0.15, 0.2) is 23.8 Å². The predicted octanol–water partition coefficient (Wildman–Crippen LogP) is 0.373. The smallest absolute Gasteiger partial charge is 0.335 e. The molecule has 0 fully saturated rings. The first-order valence-electron chi connectivity index (χ1n) is 3.46. The number of carbonyl (C=O) groups excluding carboxylic acids is 1. The molecule has 1 atom stereocenters. The van der Waals surface area contributed by atoms with Gasteiger partial charge in [-0.3, -0.25) is 0 Å². The second kappa shape index (κ2) is 3.34. The summed E-state index contributed by atoms with van der Waals surface area (Å²) in [7, 11) is 1.36. The van der Waals surface area contributed by atoms with Crippen molar-refractivity contribution in [1.82, 2.24) is 0 Å². The van der Waals surface area contributed by atoms with Crippen molar-refractivity contribution in [3.63, 3.8) is 0 Å². The zero-order valence-corrected chi connectivity index (χ0v) is 6.41. The minimum atomic E-state index is -0.332. The lowest BCUT2D eigenvalue weighted by molar-refractivity contribution is -0.136. The van der Waals surface area contributed by atoms with Crippen molar-refractivity contribution in [2.45, 2.75) is 12.5 Å². The van der Waals surface area contributed by atoms with Crippen LogP contribution in [0.1, 0.15) is 6.42 Å². The van der Waals surface area contributed by atoms with Gasteiger partial charge in [-0.1, -0.05) is 18.2 Å². The molecule has 1 aliphatic carbocycles. The Morgan fingerprint density at radius 2 is 2.55 bits per heavy atom. The van der Waals surface area contributed by atoms with Crippen LogP contribution >= 0.6 is 0 Å². The summed E-state index contributed by atoms with van der Waals surface area (Å²) in [6.07, 6.45) is 6.15. The van der Waals surface area contributed by atoms with Crippen molar-refractivity contribution in [3.05, 3.63) is 23.8 Å². The van der Waals surface area contributed by atoms with Crippen molar-refractivity contribution in [1.29, 1.82) is 0 Å². The maximum atomic E-state index is 11.0. The largest absolute Gasteiger partial charge is 0.466 e. The summed E-state index contributed by atoms with van der Waals surface area (Å²) < 4.78 is 4.54. The molecule has 1 aliphatic rings. The topological polar surface area (TPSA) is 52.3 Å². The van der Waals surface area contributed by atoms with Crippen molar-refractivity contribution in [3.8, 4) is 0 Å². The Kier molecular flexibility index (Phi) is 2.44. The summed E-state index contributed by atoms with van der Waals surface area (Å²) in [6, 6.07) is -0.201. The molecule has 3 nitrogen and oxygen atoms in total. The fourth-order valence-corrected chi connectivity index (χ4v) is 0.985. The van der Waals surface area contributed by atoms with Crippen LogP contribution in [-0.4, -0.2) is 19.1 Å². The molecule has 2 N–H and O–H groups in total. The van der Waals surface area contributed by atoms with Gasteiger partial charge in [-0.25, -0.2) is 4.79 Å². The van der Waals surface area contributed by atoms with Crippen LogP contribution < -0.4 is 5.73 Å². The molecule has 11 heavy (non-hydrogen) atoms. The molecule has 0 saturated carbocycles. The molecule has 0 aromatic carbocycles. The monoisotopic (exact) mass is 153 g/mol. The first-order valence-corrected chi connectivity index (χ1v) is 3.46. The predicted molar refractivity (Wildman–Crippen MR) is 41.8 cm³/mol. The fraction of sp³-hybridized carbons (Fsp3) is 0.375. The van der Waals surface area contributed by atoms with Gasteiger partial charge in [0.15, 0.2) is 0 Å². The summed E-state index contributed by atoms with van der Waals surface area (Å²) in [5.74, 6) is -0.332. The second-order valence-electron chi connectivity index (χ2n) is 2.38. The van der Waals surface area contributed by atoms with E-state index in [-0.39, 0.29) is 12.0 Å². The van der Waals surface area contributed by atoms with Crippen LogP contribution in [-0.2, 0) is 9.53 Å². The number of esters is 1. The van der Waals surface area contributed by atoms with E-state index >= 15 is 0 Å². The third-order valence-corrected chi connectivity index (χ3v) is 1.62. The van der Waals surface area contributed by atoms with Crippen LogP contribution in [0.4, 0.5) is 0 Å². The van der Waals surface area contributed by atoms with Crippen molar-refractivity contribution >= 4 is 5.97 Å². The first-order chi connectivity index (χ1) is 5.25. The lowest BCUT2D eigenvalue weighted by Gasteiger charge is -2.14. The van der Waals surface area contributed by atoms with Gasteiger partial charge >= 0.3 is 5.97 Å². The molecule has 0 heterocycles. The molecular formula is C8H11NO2. The number of nitrogens with two attached hydrogens (primary N) is 1. The zero-order valence-electron chi connectivity index (χ0n) is 6.41. The maximum absolute atomic E-state index is 11.0. The Bertz CT molecular complexity index is 218. The summed E-state index contributed by atoms with van der Waals surface area (Å²) in [5.41, 5.74) is 6.19. The molecule has 0 radical (unpaired) electrons.